The summed E-state index contributed by atoms with van der Waals surface area (Å²) in [6.07, 6.45) is 5.23. The second-order valence-corrected chi connectivity index (χ2v) is 6.34. The van der Waals surface area contributed by atoms with Crippen LogP contribution < -0.4 is 5.32 Å². The van der Waals surface area contributed by atoms with Crippen molar-refractivity contribution in [2.75, 3.05) is 11.9 Å². The molecule has 2 aromatic heterocycles. The van der Waals surface area contributed by atoms with Crippen molar-refractivity contribution < 1.29 is 0 Å². The van der Waals surface area contributed by atoms with Gasteiger partial charge in [-0.2, -0.15) is 0 Å². The molecule has 5 heteroatoms. The van der Waals surface area contributed by atoms with E-state index in [1.807, 2.05) is 12.3 Å². The van der Waals surface area contributed by atoms with E-state index in [9.17, 15) is 0 Å². The van der Waals surface area contributed by atoms with Crippen molar-refractivity contribution in [1.82, 2.24) is 15.0 Å². The zero-order valence-electron chi connectivity index (χ0n) is 12.4. The normalized spacial score (nSPS) is 14.2. The van der Waals surface area contributed by atoms with Gasteiger partial charge in [0.25, 0.3) is 0 Å². The van der Waals surface area contributed by atoms with Crippen LogP contribution in [0.15, 0.2) is 18.3 Å². The van der Waals surface area contributed by atoms with E-state index >= 15 is 0 Å². The van der Waals surface area contributed by atoms with Gasteiger partial charge in [0.1, 0.15) is 11.5 Å². The minimum Gasteiger partial charge on any atom is -0.369 e. The van der Waals surface area contributed by atoms with Gasteiger partial charge in [-0.05, 0) is 60.4 Å². The molecule has 21 heavy (non-hydrogen) atoms. The third kappa shape index (κ3) is 3.02. The van der Waals surface area contributed by atoms with E-state index in [1.165, 1.54) is 24.1 Å². The first kappa shape index (κ1) is 14.7. The molecule has 0 saturated heterocycles. The standard InChI is InChI=1S/C16H19IN4/c1-3-10-6-5-9-19-14(10)16-20-13(11-7-8-11)12(17)15(21-16)18-4-2/h5-6,9,11H,3-4,7-8H2,1-2H3,(H,18,20,21). The van der Waals surface area contributed by atoms with E-state index in [4.69, 9.17) is 9.97 Å². The molecule has 0 bridgehead atoms. The molecule has 0 radical (unpaired) electrons. The number of hydrogen-bond acceptors (Lipinski definition) is 4. The van der Waals surface area contributed by atoms with Crippen molar-refractivity contribution in [2.45, 2.75) is 39.0 Å². The van der Waals surface area contributed by atoms with Crippen LogP contribution in [0.5, 0.6) is 0 Å². The van der Waals surface area contributed by atoms with E-state index in [2.05, 4.69) is 52.8 Å². The molecule has 0 unspecified atom stereocenters. The molecular weight excluding hydrogens is 375 g/mol. The van der Waals surface area contributed by atoms with Crippen LogP contribution in [0.1, 0.15) is 43.9 Å². The van der Waals surface area contributed by atoms with Crippen molar-refractivity contribution in [3.05, 3.63) is 33.2 Å². The van der Waals surface area contributed by atoms with E-state index in [-0.39, 0.29) is 0 Å². The summed E-state index contributed by atoms with van der Waals surface area (Å²) in [5.41, 5.74) is 3.30. The molecule has 0 atom stereocenters. The smallest absolute Gasteiger partial charge is 0.180 e. The summed E-state index contributed by atoms with van der Waals surface area (Å²) in [6.45, 7) is 5.09. The topological polar surface area (TPSA) is 50.7 Å². The summed E-state index contributed by atoms with van der Waals surface area (Å²) in [4.78, 5) is 14.1. The van der Waals surface area contributed by atoms with Crippen LogP contribution in [0, 0.1) is 3.57 Å². The summed E-state index contributed by atoms with van der Waals surface area (Å²) < 4.78 is 1.16. The Balaban J connectivity index is 2.13. The predicted octanol–water partition coefficient (Wildman–Crippen LogP) is 4.01. The van der Waals surface area contributed by atoms with E-state index < -0.39 is 0 Å². The van der Waals surface area contributed by atoms with Gasteiger partial charge in [-0.25, -0.2) is 9.97 Å². The van der Waals surface area contributed by atoms with Crippen LogP contribution in [-0.4, -0.2) is 21.5 Å². The van der Waals surface area contributed by atoms with Gasteiger partial charge in [0.15, 0.2) is 5.82 Å². The van der Waals surface area contributed by atoms with Crippen LogP contribution in [0.4, 0.5) is 5.82 Å². The maximum absolute atomic E-state index is 4.83. The maximum atomic E-state index is 4.83. The highest BCUT2D eigenvalue weighted by Crippen LogP contribution is 2.43. The molecule has 0 spiro atoms. The van der Waals surface area contributed by atoms with Gasteiger partial charge < -0.3 is 5.32 Å². The number of halogens is 1. The maximum Gasteiger partial charge on any atom is 0.180 e. The average molecular weight is 394 g/mol. The summed E-state index contributed by atoms with van der Waals surface area (Å²) in [7, 11) is 0. The van der Waals surface area contributed by atoms with Crippen LogP contribution in [0.2, 0.25) is 0 Å². The lowest BCUT2D eigenvalue weighted by molar-refractivity contribution is 0.959. The Hall–Kier alpha value is -1.24. The second-order valence-electron chi connectivity index (χ2n) is 5.26. The Morgan fingerprint density at radius 1 is 1.29 bits per heavy atom. The Kier molecular flexibility index (Phi) is 4.37. The Morgan fingerprint density at radius 3 is 2.76 bits per heavy atom. The quantitative estimate of drug-likeness (QED) is 0.779. The summed E-state index contributed by atoms with van der Waals surface area (Å²) in [5.74, 6) is 2.30. The number of aromatic nitrogens is 3. The molecule has 0 aromatic carbocycles. The SMILES string of the molecule is CCNc1nc(-c2ncccc2CC)nc(C2CC2)c1I. The highest BCUT2D eigenvalue weighted by molar-refractivity contribution is 14.1. The van der Waals surface area contributed by atoms with Gasteiger partial charge in [-0.3, -0.25) is 4.98 Å². The molecule has 0 aliphatic heterocycles. The van der Waals surface area contributed by atoms with Crippen molar-refractivity contribution in [2.24, 2.45) is 0 Å². The monoisotopic (exact) mass is 394 g/mol. The molecule has 0 amide bonds. The van der Waals surface area contributed by atoms with Crippen molar-refractivity contribution in [3.8, 4) is 11.5 Å². The Morgan fingerprint density at radius 2 is 2.10 bits per heavy atom. The van der Waals surface area contributed by atoms with Gasteiger partial charge >= 0.3 is 0 Å². The highest BCUT2D eigenvalue weighted by atomic mass is 127. The zero-order valence-corrected chi connectivity index (χ0v) is 14.5. The largest absolute Gasteiger partial charge is 0.369 e. The van der Waals surface area contributed by atoms with Gasteiger partial charge in [-0.1, -0.05) is 13.0 Å². The summed E-state index contributed by atoms with van der Waals surface area (Å²) in [5, 5.41) is 3.36. The third-order valence-electron chi connectivity index (χ3n) is 3.67. The molecule has 1 aliphatic rings. The van der Waals surface area contributed by atoms with Crippen LogP contribution in [-0.2, 0) is 6.42 Å². The fraction of sp³-hybridized carbons (Fsp3) is 0.438. The molecule has 1 fully saturated rings. The molecule has 1 aliphatic carbocycles. The van der Waals surface area contributed by atoms with Crippen LogP contribution in [0.25, 0.3) is 11.5 Å². The molecule has 110 valence electrons. The lowest BCUT2D eigenvalue weighted by Crippen LogP contribution is -2.08. The van der Waals surface area contributed by atoms with Gasteiger partial charge in [-0.15, -0.1) is 0 Å². The minimum atomic E-state index is 0.602. The zero-order chi connectivity index (χ0) is 14.8. The molecule has 2 heterocycles. The molecule has 1 saturated carbocycles. The average Bonchev–Trinajstić information content (AvgIpc) is 3.34. The molecule has 3 rings (SSSR count). The number of aryl methyl sites for hydroxylation is 1. The number of nitrogens with one attached hydrogen (secondary N) is 1. The molecule has 4 nitrogen and oxygen atoms in total. The number of rotatable bonds is 5. The first-order valence-corrected chi connectivity index (χ1v) is 8.58. The van der Waals surface area contributed by atoms with Crippen molar-refractivity contribution in [3.63, 3.8) is 0 Å². The van der Waals surface area contributed by atoms with Crippen molar-refractivity contribution >= 4 is 28.4 Å². The molecule has 2 aromatic rings. The van der Waals surface area contributed by atoms with Crippen LogP contribution in [0.3, 0.4) is 0 Å². The Labute approximate surface area is 139 Å². The number of hydrogen-bond donors (Lipinski definition) is 1. The summed E-state index contributed by atoms with van der Waals surface area (Å²) >= 11 is 2.37. The minimum absolute atomic E-state index is 0.602. The van der Waals surface area contributed by atoms with E-state index in [0.29, 0.717) is 5.92 Å². The molecule has 1 N–H and O–H groups in total. The number of pyridine rings is 1. The first-order chi connectivity index (χ1) is 10.2. The second kappa shape index (κ2) is 6.25. The lowest BCUT2D eigenvalue weighted by atomic mass is 10.1. The number of nitrogens with zero attached hydrogens (tertiary/aromatic N) is 3. The highest BCUT2D eigenvalue weighted by Gasteiger charge is 2.29. The van der Waals surface area contributed by atoms with Gasteiger partial charge in [0, 0.05) is 18.7 Å². The lowest BCUT2D eigenvalue weighted by Gasteiger charge is -2.13. The number of anilines is 1. The van der Waals surface area contributed by atoms with Crippen molar-refractivity contribution in [1.29, 1.82) is 0 Å². The predicted molar refractivity (Wildman–Crippen MR) is 93.5 cm³/mol. The van der Waals surface area contributed by atoms with Gasteiger partial charge in [0.05, 0.1) is 9.26 Å². The van der Waals surface area contributed by atoms with E-state index in [0.717, 1.165) is 33.9 Å². The van der Waals surface area contributed by atoms with Gasteiger partial charge in [0.2, 0.25) is 0 Å². The third-order valence-corrected chi connectivity index (χ3v) is 4.73. The van der Waals surface area contributed by atoms with Crippen LogP contribution >= 0.6 is 22.6 Å². The molecular formula is C16H19IN4. The first-order valence-electron chi connectivity index (χ1n) is 7.50. The van der Waals surface area contributed by atoms with E-state index in [1.54, 1.807) is 0 Å². The fourth-order valence-electron chi connectivity index (χ4n) is 2.41. The summed E-state index contributed by atoms with van der Waals surface area (Å²) in [6, 6.07) is 4.08. The fourth-order valence-corrected chi connectivity index (χ4v) is 3.28. The Bertz CT molecular complexity index is 653.